The molecular formula is C14H19NOS. The van der Waals surface area contributed by atoms with Crippen molar-refractivity contribution in [2.75, 3.05) is 31.1 Å². The molecule has 0 N–H and O–H groups in total. The molecule has 3 heteroatoms. The van der Waals surface area contributed by atoms with E-state index in [-0.39, 0.29) is 5.41 Å². The van der Waals surface area contributed by atoms with Gasteiger partial charge in [0.1, 0.15) is 6.29 Å². The summed E-state index contributed by atoms with van der Waals surface area (Å²) in [5.74, 6) is 2.37. The molecule has 1 aliphatic rings. The average Bonchev–Trinajstić information content (AvgIpc) is 2.41. The summed E-state index contributed by atoms with van der Waals surface area (Å²) in [6.45, 7) is 5.07. The minimum Gasteiger partial charge on any atom is -0.302 e. The van der Waals surface area contributed by atoms with Gasteiger partial charge in [0.2, 0.25) is 0 Å². The van der Waals surface area contributed by atoms with E-state index in [1.165, 1.54) is 11.5 Å². The second kappa shape index (κ2) is 5.69. The molecule has 1 saturated heterocycles. The third-order valence-electron chi connectivity index (χ3n) is 3.35. The highest BCUT2D eigenvalue weighted by Gasteiger charge is 2.29. The maximum Gasteiger partial charge on any atom is 0.131 e. The van der Waals surface area contributed by atoms with Gasteiger partial charge in [-0.05, 0) is 12.5 Å². The third-order valence-corrected chi connectivity index (χ3v) is 4.29. The van der Waals surface area contributed by atoms with E-state index in [1.807, 2.05) is 49.0 Å². The Balaban J connectivity index is 2.11. The van der Waals surface area contributed by atoms with Gasteiger partial charge in [-0.3, -0.25) is 0 Å². The zero-order valence-electron chi connectivity index (χ0n) is 10.3. The Bertz CT molecular complexity index is 362. The first-order valence-electron chi connectivity index (χ1n) is 6.06. The molecule has 1 fully saturated rings. The van der Waals surface area contributed by atoms with E-state index < -0.39 is 0 Å². The van der Waals surface area contributed by atoms with E-state index in [2.05, 4.69) is 4.90 Å². The summed E-state index contributed by atoms with van der Waals surface area (Å²) in [6.07, 6.45) is 1.10. The second-order valence-electron chi connectivity index (χ2n) is 4.79. The first kappa shape index (κ1) is 12.7. The Kier molecular flexibility index (Phi) is 4.24. The minimum atomic E-state index is -0.372. The number of nitrogens with zero attached hydrogens (tertiary/aromatic N) is 1. The summed E-state index contributed by atoms with van der Waals surface area (Å²) in [4.78, 5) is 13.9. The zero-order valence-corrected chi connectivity index (χ0v) is 11.1. The van der Waals surface area contributed by atoms with Crippen LogP contribution in [0.5, 0.6) is 0 Å². The predicted octanol–water partition coefficient (Wildman–Crippen LogP) is 2.19. The van der Waals surface area contributed by atoms with Gasteiger partial charge in [-0.2, -0.15) is 11.8 Å². The molecule has 1 aromatic rings. The van der Waals surface area contributed by atoms with Gasteiger partial charge in [0.25, 0.3) is 0 Å². The molecule has 0 aliphatic carbocycles. The van der Waals surface area contributed by atoms with Gasteiger partial charge < -0.3 is 9.69 Å². The Hall–Kier alpha value is -0.800. The summed E-state index contributed by atoms with van der Waals surface area (Å²) in [7, 11) is 0. The van der Waals surface area contributed by atoms with Gasteiger partial charge in [-0.1, -0.05) is 30.3 Å². The molecule has 92 valence electrons. The number of carbonyl (C=O) groups is 1. The van der Waals surface area contributed by atoms with Crippen LogP contribution in [0.15, 0.2) is 30.3 Å². The SMILES string of the molecule is CC(C=O)(CN1CCSCC1)c1ccccc1. The van der Waals surface area contributed by atoms with Crippen molar-refractivity contribution in [3.8, 4) is 0 Å². The maximum absolute atomic E-state index is 11.5. The number of carbonyl (C=O) groups excluding carboxylic acids is 1. The molecule has 0 aromatic heterocycles. The van der Waals surface area contributed by atoms with Crippen LogP contribution in [0, 0.1) is 0 Å². The van der Waals surface area contributed by atoms with Crippen LogP contribution in [0.2, 0.25) is 0 Å². The fourth-order valence-corrected chi connectivity index (χ4v) is 3.22. The highest BCUT2D eigenvalue weighted by atomic mass is 32.2. The quantitative estimate of drug-likeness (QED) is 0.763. The van der Waals surface area contributed by atoms with Crippen molar-refractivity contribution in [3.05, 3.63) is 35.9 Å². The molecule has 1 atom stereocenters. The van der Waals surface area contributed by atoms with Gasteiger partial charge in [-0.25, -0.2) is 0 Å². The Labute approximate surface area is 107 Å². The summed E-state index contributed by atoms with van der Waals surface area (Å²) < 4.78 is 0. The maximum atomic E-state index is 11.5. The highest BCUT2D eigenvalue weighted by Crippen LogP contribution is 2.24. The lowest BCUT2D eigenvalue weighted by Crippen LogP contribution is -2.43. The van der Waals surface area contributed by atoms with Gasteiger partial charge in [0.05, 0.1) is 5.41 Å². The van der Waals surface area contributed by atoms with Gasteiger partial charge in [0.15, 0.2) is 0 Å². The average molecular weight is 249 g/mol. The van der Waals surface area contributed by atoms with E-state index in [0.29, 0.717) is 0 Å². The van der Waals surface area contributed by atoms with E-state index in [9.17, 15) is 4.79 Å². The second-order valence-corrected chi connectivity index (χ2v) is 6.01. The molecule has 0 radical (unpaired) electrons. The number of hydrogen-bond acceptors (Lipinski definition) is 3. The first-order chi connectivity index (χ1) is 8.24. The fourth-order valence-electron chi connectivity index (χ4n) is 2.24. The van der Waals surface area contributed by atoms with Crippen LogP contribution < -0.4 is 0 Å². The van der Waals surface area contributed by atoms with E-state index in [4.69, 9.17) is 0 Å². The van der Waals surface area contributed by atoms with Crippen molar-refractivity contribution in [1.82, 2.24) is 4.90 Å². The minimum absolute atomic E-state index is 0.372. The van der Waals surface area contributed by atoms with Crippen LogP contribution in [0.3, 0.4) is 0 Å². The summed E-state index contributed by atoms with van der Waals surface area (Å²) in [5.41, 5.74) is 0.747. The molecule has 1 aromatic carbocycles. The van der Waals surface area contributed by atoms with E-state index in [1.54, 1.807) is 0 Å². The largest absolute Gasteiger partial charge is 0.302 e. The van der Waals surface area contributed by atoms with Gasteiger partial charge >= 0.3 is 0 Å². The molecule has 0 amide bonds. The Morgan fingerprint density at radius 2 is 1.94 bits per heavy atom. The van der Waals surface area contributed by atoms with Crippen LogP contribution in [-0.4, -0.2) is 42.3 Å². The van der Waals surface area contributed by atoms with Crippen molar-refractivity contribution in [3.63, 3.8) is 0 Å². The zero-order chi connectivity index (χ0) is 12.1. The standard InChI is InChI=1S/C14H19NOS/c1-14(12-16,13-5-3-2-4-6-13)11-15-7-9-17-10-8-15/h2-6,12H,7-11H2,1H3. The fraction of sp³-hybridized carbons (Fsp3) is 0.500. The van der Waals surface area contributed by atoms with Crippen molar-refractivity contribution < 1.29 is 4.79 Å². The van der Waals surface area contributed by atoms with Crippen molar-refractivity contribution in [1.29, 1.82) is 0 Å². The topological polar surface area (TPSA) is 20.3 Å². The smallest absolute Gasteiger partial charge is 0.131 e. The highest BCUT2D eigenvalue weighted by molar-refractivity contribution is 7.99. The lowest BCUT2D eigenvalue weighted by Gasteiger charge is -2.34. The summed E-state index contributed by atoms with van der Waals surface area (Å²) in [6, 6.07) is 10.1. The van der Waals surface area contributed by atoms with Crippen LogP contribution in [0.4, 0.5) is 0 Å². The molecular weight excluding hydrogens is 230 g/mol. The van der Waals surface area contributed by atoms with Crippen LogP contribution in [0.25, 0.3) is 0 Å². The van der Waals surface area contributed by atoms with E-state index >= 15 is 0 Å². The van der Waals surface area contributed by atoms with Crippen LogP contribution >= 0.6 is 11.8 Å². The molecule has 0 bridgehead atoms. The third kappa shape index (κ3) is 3.11. The number of hydrogen-bond donors (Lipinski definition) is 0. The monoisotopic (exact) mass is 249 g/mol. The number of thioether (sulfide) groups is 1. The number of rotatable bonds is 4. The Morgan fingerprint density at radius 3 is 2.53 bits per heavy atom. The van der Waals surface area contributed by atoms with E-state index in [0.717, 1.165) is 31.5 Å². The molecule has 1 aliphatic heterocycles. The normalized spacial score (nSPS) is 20.8. The lowest BCUT2D eigenvalue weighted by atomic mass is 9.83. The van der Waals surface area contributed by atoms with Crippen molar-refractivity contribution in [2.24, 2.45) is 0 Å². The molecule has 1 heterocycles. The predicted molar refractivity (Wildman–Crippen MR) is 73.6 cm³/mol. The van der Waals surface area contributed by atoms with Gasteiger partial charge in [-0.15, -0.1) is 0 Å². The summed E-state index contributed by atoms with van der Waals surface area (Å²) >= 11 is 2.00. The van der Waals surface area contributed by atoms with Crippen LogP contribution in [-0.2, 0) is 10.2 Å². The molecule has 0 spiro atoms. The van der Waals surface area contributed by atoms with Crippen LogP contribution in [0.1, 0.15) is 12.5 Å². The molecule has 2 nitrogen and oxygen atoms in total. The molecule has 1 unspecified atom stereocenters. The molecule has 0 saturated carbocycles. The van der Waals surface area contributed by atoms with Crippen molar-refractivity contribution in [2.45, 2.75) is 12.3 Å². The Morgan fingerprint density at radius 1 is 1.29 bits per heavy atom. The number of aldehydes is 1. The van der Waals surface area contributed by atoms with Gasteiger partial charge in [0, 0.05) is 31.1 Å². The first-order valence-corrected chi connectivity index (χ1v) is 7.22. The van der Waals surface area contributed by atoms with Crippen molar-refractivity contribution >= 4 is 18.0 Å². The molecule has 17 heavy (non-hydrogen) atoms. The molecule has 2 rings (SSSR count). The lowest BCUT2D eigenvalue weighted by molar-refractivity contribution is -0.112. The summed E-state index contributed by atoms with van der Waals surface area (Å²) in [5, 5.41) is 0. The number of benzene rings is 1.